The van der Waals surface area contributed by atoms with Crippen LogP contribution in [0.3, 0.4) is 0 Å². The Morgan fingerprint density at radius 3 is 2.30 bits per heavy atom. The molecule has 0 saturated carbocycles. The van der Waals surface area contributed by atoms with Gasteiger partial charge in [-0.2, -0.15) is 8.42 Å². The predicted octanol–water partition coefficient (Wildman–Crippen LogP) is -1.84. The maximum Gasteiger partial charge on any atom is 0.397 e. The van der Waals surface area contributed by atoms with Crippen molar-refractivity contribution >= 4 is 10.4 Å². The fourth-order valence-electron chi connectivity index (χ4n) is 0.217. The Labute approximate surface area is 58.0 Å². The van der Waals surface area contributed by atoms with Crippen molar-refractivity contribution in [2.75, 3.05) is 13.2 Å². The first-order valence-electron chi connectivity index (χ1n) is 2.36. The molecule has 0 aliphatic rings. The van der Waals surface area contributed by atoms with Gasteiger partial charge in [0, 0.05) is 0 Å². The third-order valence-electron chi connectivity index (χ3n) is 0.620. The van der Waals surface area contributed by atoms with Crippen LogP contribution < -0.4 is 0 Å². The fraction of sp³-hybridized carbons (Fsp3) is 1.00. The molecule has 7 heteroatoms. The van der Waals surface area contributed by atoms with Crippen LogP contribution in [0.25, 0.3) is 0 Å². The summed E-state index contributed by atoms with van der Waals surface area (Å²) in [5.41, 5.74) is 0. The lowest BCUT2D eigenvalue weighted by Gasteiger charge is -2.03. The van der Waals surface area contributed by atoms with Gasteiger partial charge in [0.15, 0.2) is 0 Å². The van der Waals surface area contributed by atoms with Gasteiger partial charge in [-0.1, -0.05) is 0 Å². The standard InChI is InChI=1S/C3H8O6S/c4-1-3(5)2-9-10(6,7)8/h3-5H,1-2H2,(H,6,7,8)/t3-/m0/s1. The van der Waals surface area contributed by atoms with Crippen LogP contribution in [0.1, 0.15) is 0 Å². The first-order chi connectivity index (χ1) is 4.45. The third-order valence-corrected chi connectivity index (χ3v) is 1.05. The molecule has 10 heavy (non-hydrogen) atoms. The van der Waals surface area contributed by atoms with Crippen LogP contribution in [0.4, 0.5) is 0 Å². The zero-order valence-corrected chi connectivity index (χ0v) is 5.78. The van der Waals surface area contributed by atoms with Gasteiger partial charge in [0.1, 0.15) is 6.10 Å². The van der Waals surface area contributed by atoms with Gasteiger partial charge in [-0.05, 0) is 0 Å². The molecule has 62 valence electrons. The quantitative estimate of drug-likeness (QED) is 0.430. The van der Waals surface area contributed by atoms with Crippen LogP contribution in [-0.4, -0.2) is 42.5 Å². The van der Waals surface area contributed by atoms with E-state index in [1.807, 2.05) is 0 Å². The van der Waals surface area contributed by atoms with Crippen LogP contribution in [-0.2, 0) is 14.6 Å². The highest BCUT2D eigenvalue weighted by molar-refractivity contribution is 7.80. The Kier molecular flexibility index (Phi) is 3.76. The molecule has 0 unspecified atom stereocenters. The fourth-order valence-corrected chi connectivity index (χ4v) is 0.546. The summed E-state index contributed by atoms with van der Waals surface area (Å²) >= 11 is 0. The molecule has 0 aliphatic heterocycles. The van der Waals surface area contributed by atoms with E-state index in [1.54, 1.807) is 0 Å². The summed E-state index contributed by atoms with van der Waals surface area (Å²) in [5, 5.41) is 16.6. The van der Waals surface area contributed by atoms with E-state index < -0.39 is 29.7 Å². The van der Waals surface area contributed by atoms with Crippen molar-refractivity contribution in [2.24, 2.45) is 0 Å². The van der Waals surface area contributed by atoms with Gasteiger partial charge in [-0.15, -0.1) is 0 Å². The summed E-state index contributed by atoms with van der Waals surface area (Å²) < 4.78 is 31.2. The molecule has 0 saturated heterocycles. The highest BCUT2D eigenvalue weighted by atomic mass is 32.3. The van der Waals surface area contributed by atoms with Gasteiger partial charge < -0.3 is 10.2 Å². The molecular formula is C3H8O6S. The molecule has 1 atom stereocenters. The van der Waals surface area contributed by atoms with Gasteiger partial charge in [-0.25, -0.2) is 4.18 Å². The van der Waals surface area contributed by atoms with Crippen LogP contribution >= 0.6 is 0 Å². The van der Waals surface area contributed by atoms with Gasteiger partial charge >= 0.3 is 10.4 Å². The Bertz CT molecular complexity index is 171. The maximum atomic E-state index is 9.79. The number of hydrogen-bond donors (Lipinski definition) is 3. The highest BCUT2D eigenvalue weighted by Gasteiger charge is 2.08. The van der Waals surface area contributed by atoms with Crippen molar-refractivity contribution in [2.45, 2.75) is 6.10 Å². The summed E-state index contributed by atoms with van der Waals surface area (Å²) in [5.74, 6) is 0. The first kappa shape index (κ1) is 9.79. The van der Waals surface area contributed by atoms with Crippen molar-refractivity contribution in [1.82, 2.24) is 0 Å². The molecule has 0 bridgehead atoms. The van der Waals surface area contributed by atoms with Crippen molar-refractivity contribution in [3.8, 4) is 0 Å². The lowest BCUT2D eigenvalue weighted by Crippen LogP contribution is -2.21. The molecule has 0 amide bonds. The van der Waals surface area contributed by atoms with E-state index in [0.717, 1.165) is 0 Å². The number of hydrogen-bond acceptors (Lipinski definition) is 5. The molecule has 0 aromatic carbocycles. The number of rotatable bonds is 4. The molecule has 6 nitrogen and oxygen atoms in total. The van der Waals surface area contributed by atoms with Gasteiger partial charge in [-0.3, -0.25) is 4.55 Å². The zero-order chi connectivity index (χ0) is 8.20. The summed E-state index contributed by atoms with van der Waals surface area (Å²) in [7, 11) is -4.50. The SMILES string of the molecule is O=S(=O)(O)OC[C@@H](O)CO. The molecule has 0 heterocycles. The van der Waals surface area contributed by atoms with Gasteiger partial charge in [0.25, 0.3) is 0 Å². The van der Waals surface area contributed by atoms with E-state index in [-0.39, 0.29) is 0 Å². The van der Waals surface area contributed by atoms with Gasteiger partial charge in [0.2, 0.25) is 0 Å². The van der Waals surface area contributed by atoms with E-state index >= 15 is 0 Å². The Morgan fingerprint density at radius 2 is 2.00 bits per heavy atom. The van der Waals surface area contributed by atoms with E-state index in [0.29, 0.717) is 0 Å². The molecule has 0 spiro atoms. The average Bonchev–Trinajstić information content (AvgIpc) is 1.81. The number of aliphatic hydroxyl groups is 2. The molecule has 0 fully saturated rings. The Hall–Kier alpha value is -0.210. The second-order valence-corrected chi connectivity index (χ2v) is 2.64. The normalized spacial score (nSPS) is 15.1. The monoisotopic (exact) mass is 172 g/mol. The minimum Gasteiger partial charge on any atom is -0.394 e. The van der Waals surface area contributed by atoms with Gasteiger partial charge in [0.05, 0.1) is 13.2 Å². The largest absolute Gasteiger partial charge is 0.397 e. The summed E-state index contributed by atoms with van der Waals surface area (Å²) in [4.78, 5) is 0. The molecule has 3 N–H and O–H groups in total. The Balaban J connectivity index is 3.56. The minimum atomic E-state index is -4.50. The number of aliphatic hydroxyl groups excluding tert-OH is 2. The minimum absolute atomic E-state index is 0.616. The second kappa shape index (κ2) is 3.84. The summed E-state index contributed by atoms with van der Waals surface area (Å²) in [6.45, 7) is -1.26. The predicted molar refractivity (Wildman–Crippen MR) is 30.6 cm³/mol. The maximum absolute atomic E-state index is 9.79. The molecule has 0 aliphatic carbocycles. The third kappa shape index (κ3) is 5.92. The van der Waals surface area contributed by atoms with Crippen molar-refractivity contribution in [3.05, 3.63) is 0 Å². The van der Waals surface area contributed by atoms with E-state index in [2.05, 4.69) is 4.18 Å². The molecular weight excluding hydrogens is 164 g/mol. The lowest BCUT2D eigenvalue weighted by atomic mass is 10.4. The van der Waals surface area contributed by atoms with Crippen LogP contribution in [0.15, 0.2) is 0 Å². The second-order valence-electron chi connectivity index (χ2n) is 1.55. The average molecular weight is 172 g/mol. The van der Waals surface area contributed by atoms with Crippen LogP contribution in [0.2, 0.25) is 0 Å². The summed E-state index contributed by atoms with van der Waals surface area (Å²) in [6.07, 6.45) is -1.29. The van der Waals surface area contributed by atoms with E-state index in [9.17, 15) is 8.42 Å². The van der Waals surface area contributed by atoms with Crippen LogP contribution in [0.5, 0.6) is 0 Å². The Morgan fingerprint density at radius 1 is 1.50 bits per heavy atom. The smallest absolute Gasteiger partial charge is 0.394 e. The molecule has 0 rings (SSSR count). The van der Waals surface area contributed by atoms with E-state index in [1.165, 1.54) is 0 Å². The molecule has 0 radical (unpaired) electrons. The molecule has 0 aromatic heterocycles. The zero-order valence-electron chi connectivity index (χ0n) is 4.97. The van der Waals surface area contributed by atoms with Crippen molar-refractivity contribution in [3.63, 3.8) is 0 Å². The van der Waals surface area contributed by atoms with Crippen molar-refractivity contribution in [1.29, 1.82) is 0 Å². The highest BCUT2D eigenvalue weighted by Crippen LogP contribution is 1.88. The first-order valence-corrected chi connectivity index (χ1v) is 3.73. The van der Waals surface area contributed by atoms with Crippen LogP contribution in [0, 0.1) is 0 Å². The van der Waals surface area contributed by atoms with Crippen molar-refractivity contribution < 1.29 is 27.4 Å². The molecule has 0 aromatic rings. The summed E-state index contributed by atoms with van der Waals surface area (Å²) in [6, 6.07) is 0. The topological polar surface area (TPSA) is 104 Å². The lowest BCUT2D eigenvalue weighted by molar-refractivity contribution is 0.0517. The van der Waals surface area contributed by atoms with E-state index in [4.69, 9.17) is 14.8 Å².